The second-order valence-corrected chi connectivity index (χ2v) is 8.71. The summed E-state index contributed by atoms with van der Waals surface area (Å²) in [6.45, 7) is 1.02. The Bertz CT molecular complexity index is 1170. The van der Waals surface area contributed by atoms with Crippen LogP contribution in [0.3, 0.4) is 0 Å². The highest BCUT2D eigenvalue weighted by Crippen LogP contribution is 2.30. The van der Waals surface area contributed by atoms with E-state index in [0.29, 0.717) is 40.7 Å². The van der Waals surface area contributed by atoms with Crippen LogP contribution in [-0.2, 0) is 16.0 Å². The number of hydrogen-bond acceptors (Lipinski definition) is 8. The first kappa shape index (κ1) is 21.9. The zero-order valence-corrected chi connectivity index (χ0v) is 18.9. The Morgan fingerprint density at radius 1 is 1.24 bits per heavy atom. The molecule has 2 saturated heterocycles. The average Bonchev–Trinajstić information content (AvgIpc) is 3.49. The zero-order chi connectivity index (χ0) is 23.1. The lowest BCUT2D eigenvalue weighted by atomic mass is 10.1. The molecule has 0 aliphatic carbocycles. The van der Waals surface area contributed by atoms with Crippen LogP contribution in [0.1, 0.15) is 15.9 Å². The van der Waals surface area contributed by atoms with Crippen molar-refractivity contribution in [1.29, 1.82) is 0 Å². The number of rotatable bonds is 6. The molecular formula is C22H24ClN5O5. The Morgan fingerprint density at radius 2 is 2.00 bits per heavy atom. The number of aromatic nitrogens is 3. The van der Waals surface area contributed by atoms with E-state index in [1.165, 1.54) is 4.90 Å². The molecule has 3 N–H and O–H groups in total. The van der Waals surface area contributed by atoms with Crippen LogP contribution in [0.2, 0.25) is 5.02 Å². The summed E-state index contributed by atoms with van der Waals surface area (Å²) in [5.41, 5.74) is 2.69. The van der Waals surface area contributed by atoms with Gasteiger partial charge >= 0.3 is 0 Å². The van der Waals surface area contributed by atoms with Gasteiger partial charge in [-0.25, -0.2) is 4.98 Å². The van der Waals surface area contributed by atoms with Crippen LogP contribution in [0.15, 0.2) is 30.3 Å². The first-order valence-electron chi connectivity index (χ1n) is 10.6. The maximum atomic E-state index is 12.0. The van der Waals surface area contributed by atoms with Gasteiger partial charge in [0.1, 0.15) is 24.1 Å². The van der Waals surface area contributed by atoms with E-state index < -0.39 is 6.10 Å². The number of pyridine rings is 1. The molecule has 3 aromatic rings. The summed E-state index contributed by atoms with van der Waals surface area (Å²) in [4.78, 5) is 25.5. The molecule has 11 heteroatoms. The molecule has 2 unspecified atom stereocenters. The summed E-state index contributed by atoms with van der Waals surface area (Å²) < 4.78 is 17.1. The minimum atomic E-state index is -0.641. The van der Waals surface area contributed by atoms with E-state index in [1.54, 1.807) is 32.3 Å². The molecule has 1 amide bonds. The predicted molar refractivity (Wildman–Crippen MR) is 121 cm³/mol. The minimum Gasteiger partial charge on any atom is -0.456 e. The van der Waals surface area contributed by atoms with Crippen molar-refractivity contribution in [3.63, 3.8) is 0 Å². The maximum Gasteiger partial charge on any atom is 0.296 e. The van der Waals surface area contributed by atoms with Gasteiger partial charge in [0.05, 0.1) is 23.8 Å². The van der Waals surface area contributed by atoms with Gasteiger partial charge in [0.15, 0.2) is 11.8 Å². The first-order valence-corrected chi connectivity index (χ1v) is 11.0. The standard InChI is InChI=1S/C22H24ClN5O5/c1-28(2)21(30)12-5-3-11(4-6-12)8-24-19-13(23)7-14-20(26-19)27-22(25-14)33-16-10-32-17-15(29)9-31-18(16)17/h3-7,15-18,29H,8-10H2,1-2H3,(H2,24,25,26,27)/t15-,16-,17?,18?/m1/s1. The highest BCUT2D eigenvalue weighted by molar-refractivity contribution is 6.33. The molecule has 2 aliphatic rings. The van der Waals surface area contributed by atoms with Crippen LogP contribution in [0.25, 0.3) is 11.2 Å². The van der Waals surface area contributed by atoms with E-state index in [0.717, 1.165) is 5.56 Å². The number of amides is 1. The van der Waals surface area contributed by atoms with Gasteiger partial charge in [-0.2, -0.15) is 4.98 Å². The van der Waals surface area contributed by atoms with E-state index in [2.05, 4.69) is 20.3 Å². The van der Waals surface area contributed by atoms with Crippen molar-refractivity contribution >= 4 is 34.5 Å². The van der Waals surface area contributed by atoms with E-state index in [4.69, 9.17) is 25.8 Å². The lowest BCUT2D eigenvalue weighted by Gasteiger charge is -2.15. The number of halogens is 1. The van der Waals surface area contributed by atoms with Crippen LogP contribution in [0, 0.1) is 0 Å². The number of anilines is 1. The molecule has 0 spiro atoms. The van der Waals surface area contributed by atoms with Gasteiger partial charge < -0.3 is 34.5 Å². The van der Waals surface area contributed by atoms with Gasteiger partial charge in [0.25, 0.3) is 11.9 Å². The Morgan fingerprint density at radius 3 is 2.76 bits per heavy atom. The number of ether oxygens (including phenoxy) is 3. The molecule has 33 heavy (non-hydrogen) atoms. The van der Waals surface area contributed by atoms with Crippen molar-refractivity contribution in [2.45, 2.75) is 31.0 Å². The SMILES string of the molecule is CN(C)C(=O)c1ccc(CNc2nc3nc(O[C@@H]4COC5C4OC[C@H]5O)[nH]c3cc2Cl)cc1. The summed E-state index contributed by atoms with van der Waals surface area (Å²) >= 11 is 6.41. The molecule has 2 aliphatic heterocycles. The number of H-pyrrole nitrogens is 1. The number of nitrogens with one attached hydrogen (secondary N) is 2. The Balaban J connectivity index is 1.26. The third kappa shape index (κ3) is 4.34. The van der Waals surface area contributed by atoms with Crippen LogP contribution < -0.4 is 10.1 Å². The topological polar surface area (TPSA) is 122 Å². The second kappa shape index (κ2) is 8.79. The monoisotopic (exact) mass is 473 g/mol. The lowest BCUT2D eigenvalue weighted by Crippen LogP contribution is -2.34. The fourth-order valence-electron chi connectivity index (χ4n) is 3.97. The smallest absolute Gasteiger partial charge is 0.296 e. The van der Waals surface area contributed by atoms with Crippen molar-refractivity contribution in [3.8, 4) is 6.01 Å². The molecule has 2 aromatic heterocycles. The molecule has 0 saturated carbocycles. The number of hydrogen-bond donors (Lipinski definition) is 3. The number of carbonyl (C=O) groups excluding carboxylic acids is 1. The molecule has 174 valence electrons. The van der Waals surface area contributed by atoms with E-state index >= 15 is 0 Å². The van der Waals surface area contributed by atoms with Crippen molar-refractivity contribution in [1.82, 2.24) is 19.9 Å². The second-order valence-electron chi connectivity index (χ2n) is 8.30. The van der Waals surface area contributed by atoms with Gasteiger partial charge in [-0.3, -0.25) is 4.79 Å². The number of aromatic amines is 1. The quantitative estimate of drug-likeness (QED) is 0.495. The van der Waals surface area contributed by atoms with Crippen LogP contribution in [0.4, 0.5) is 5.82 Å². The molecule has 4 atom stereocenters. The van der Waals surface area contributed by atoms with Gasteiger partial charge in [-0.1, -0.05) is 23.7 Å². The number of carbonyl (C=O) groups is 1. The summed E-state index contributed by atoms with van der Waals surface area (Å²) in [6, 6.07) is 9.37. The van der Waals surface area contributed by atoms with E-state index in [-0.39, 0.29) is 36.8 Å². The molecule has 0 radical (unpaired) electrons. The largest absolute Gasteiger partial charge is 0.456 e. The molecule has 1 aromatic carbocycles. The summed E-state index contributed by atoms with van der Waals surface area (Å²) in [7, 11) is 3.44. The Labute approximate surface area is 194 Å². The van der Waals surface area contributed by atoms with Gasteiger partial charge in [0, 0.05) is 26.2 Å². The fourth-order valence-corrected chi connectivity index (χ4v) is 4.19. The fraction of sp³-hybridized carbons (Fsp3) is 0.409. The summed E-state index contributed by atoms with van der Waals surface area (Å²) in [5, 5.41) is 13.5. The third-order valence-corrected chi connectivity index (χ3v) is 6.00. The van der Waals surface area contributed by atoms with Crippen LogP contribution >= 0.6 is 11.6 Å². The number of imidazole rings is 1. The molecule has 4 heterocycles. The minimum absolute atomic E-state index is 0.0448. The first-order chi connectivity index (χ1) is 15.9. The highest BCUT2D eigenvalue weighted by Gasteiger charge is 2.48. The number of nitrogens with zero attached hydrogens (tertiary/aromatic N) is 3. The van der Waals surface area contributed by atoms with Gasteiger partial charge in [0.2, 0.25) is 0 Å². The normalized spacial score (nSPS) is 24.1. The highest BCUT2D eigenvalue weighted by atomic mass is 35.5. The number of aliphatic hydroxyl groups is 1. The van der Waals surface area contributed by atoms with Crippen LogP contribution in [-0.4, -0.2) is 82.6 Å². The third-order valence-electron chi connectivity index (χ3n) is 5.72. The molecule has 2 fully saturated rings. The van der Waals surface area contributed by atoms with E-state index in [9.17, 15) is 9.90 Å². The molecule has 0 bridgehead atoms. The number of fused-ring (bicyclic) bond motifs is 2. The van der Waals surface area contributed by atoms with Gasteiger partial charge in [-0.05, 0) is 23.8 Å². The summed E-state index contributed by atoms with van der Waals surface area (Å²) in [5.74, 6) is 0.443. The predicted octanol–water partition coefficient (Wildman–Crippen LogP) is 1.83. The van der Waals surface area contributed by atoms with E-state index in [1.807, 2.05) is 12.1 Å². The Kier molecular flexibility index (Phi) is 5.83. The van der Waals surface area contributed by atoms with Crippen molar-refractivity contribution in [2.75, 3.05) is 32.6 Å². The zero-order valence-electron chi connectivity index (χ0n) is 18.1. The number of benzene rings is 1. The maximum absolute atomic E-state index is 12.0. The Hall–Kier alpha value is -2.92. The summed E-state index contributed by atoms with van der Waals surface area (Å²) in [6.07, 6.45) is -1.72. The van der Waals surface area contributed by atoms with Crippen molar-refractivity contribution < 1.29 is 24.1 Å². The molecule has 5 rings (SSSR count). The van der Waals surface area contributed by atoms with Crippen molar-refractivity contribution in [2.24, 2.45) is 0 Å². The molecule has 10 nitrogen and oxygen atoms in total. The average molecular weight is 474 g/mol. The lowest BCUT2D eigenvalue weighted by molar-refractivity contribution is 0.00706. The number of aliphatic hydroxyl groups excluding tert-OH is 1. The van der Waals surface area contributed by atoms with Gasteiger partial charge in [-0.15, -0.1) is 0 Å². The molecular weight excluding hydrogens is 450 g/mol. The van der Waals surface area contributed by atoms with Crippen LogP contribution in [0.5, 0.6) is 6.01 Å². The van der Waals surface area contributed by atoms with Crippen molar-refractivity contribution in [3.05, 3.63) is 46.5 Å².